The van der Waals surface area contributed by atoms with Crippen LogP contribution in [-0.4, -0.2) is 40.3 Å². The average Bonchev–Trinajstić information content (AvgIpc) is 3.23. The van der Waals surface area contributed by atoms with Gasteiger partial charge in [0.25, 0.3) is 0 Å². The topological polar surface area (TPSA) is 75.6 Å². The van der Waals surface area contributed by atoms with Gasteiger partial charge in [0.15, 0.2) is 23.0 Å². The zero-order valence-corrected chi connectivity index (χ0v) is 18.2. The number of hydrogen-bond acceptors (Lipinski definition) is 7. The minimum atomic E-state index is -0.730. The Morgan fingerprint density at radius 3 is 2.20 bits per heavy atom. The maximum Gasteiger partial charge on any atom is 0.231 e. The van der Waals surface area contributed by atoms with E-state index in [0.29, 0.717) is 45.6 Å². The van der Waals surface area contributed by atoms with E-state index in [-0.39, 0.29) is 18.6 Å². The van der Waals surface area contributed by atoms with Crippen LogP contribution in [0, 0.1) is 11.8 Å². The molecular formula is C23H28O7. The molecule has 0 fully saturated rings. The summed E-state index contributed by atoms with van der Waals surface area (Å²) in [6.45, 7) is 4.33. The van der Waals surface area contributed by atoms with Crippen LogP contribution in [0.5, 0.6) is 34.5 Å². The number of fused-ring (bicyclic) bond motifs is 4. The van der Waals surface area contributed by atoms with Gasteiger partial charge in [-0.1, -0.05) is 13.8 Å². The van der Waals surface area contributed by atoms with Gasteiger partial charge in [-0.2, -0.15) is 0 Å². The summed E-state index contributed by atoms with van der Waals surface area (Å²) in [6, 6.07) is 3.82. The molecular weight excluding hydrogens is 388 g/mol. The van der Waals surface area contributed by atoms with Crippen LogP contribution < -0.4 is 28.4 Å². The lowest BCUT2D eigenvalue weighted by atomic mass is 9.76. The van der Waals surface area contributed by atoms with Crippen LogP contribution in [0.15, 0.2) is 12.1 Å². The predicted octanol–water partition coefficient (Wildman–Crippen LogP) is 3.98. The predicted molar refractivity (Wildman–Crippen MR) is 111 cm³/mol. The highest BCUT2D eigenvalue weighted by Gasteiger charge is 2.37. The van der Waals surface area contributed by atoms with Gasteiger partial charge in [0.05, 0.1) is 34.5 Å². The van der Waals surface area contributed by atoms with Gasteiger partial charge < -0.3 is 33.5 Å². The molecule has 162 valence electrons. The fraction of sp³-hybridized carbons (Fsp3) is 0.478. The van der Waals surface area contributed by atoms with Gasteiger partial charge in [-0.3, -0.25) is 0 Å². The molecule has 0 unspecified atom stereocenters. The summed E-state index contributed by atoms with van der Waals surface area (Å²) >= 11 is 0. The van der Waals surface area contributed by atoms with E-state index < -0.39 is 6.10 Å². The lowest BCUT2D eigenvalue weighted by molar-refractivity contribution is 0.0863. The number of hydrogen-bond donors (Lipinski definition) is 1. The number of aliphatic hydroxyl groups excluding tert-OH is 1. The van der Waals surface area contributed by atoms with Crippen molar-refractivity contribution in [2.24, 2.45) is 11.8 Å². The summed E-state index contributed by atoms with van der Waals surface area (Å²) in [6.07, 6.45) is 0.00399. The minimum Gasteiger partial charge on any atom is -0.493 e. The molecule has 1 heterocycles. The third-order valence-electron chi connectivity index (χ3n) is 6.27. The van der Waals surface area contributed by atoms with E-state index in [4.69, 9.17) is 28.4 Å². The molecule has 1 N–H and O–H groups in total. The third kappa shape index (κ3) is 2.91. The van der Waals surface area contributed by atoms with Crippen LogP contribution in [0.2, 0.25) is 0 Å². The van der Waals surface area contributed by atoms with Crippen LogP contribution in [-0.2, 0) is 6.42 Å². The minimum absolute atomic E-state index is 0.00359. The van der Waals surface area contributed by atoms with Gasteiger partial charge in [0.1, 0.15) is 0 Å². The summed E-state index contributed by atoms with van der Waals surface area (Å²) in [5.74, 6) is 3.40. The van der Waals surface area contributed by atoms with E-state index in [1.807, 2.05) is 12.1 Å². The van der Waals surface area contributed by atoms with Crippen LogP contribution in [0.1, 0.15) is 31.1 Å². The lowest BCUT2D eigenvalue weighted by Crippen LogP contribution is -2.22. The van der Waals surface area contributed by atoms with Gasteiger partial charge in [-0.25, -0.2) is 0 Å². The average molecular weight is 416 g/mol. The Balaban J connectivity index is 2.16. The molecule has 0 saturated carbocycles. The molecule has 0 bridgehead atoms. The van der Waals surface area contributed by atoms with Crippen LogP contribution in [0.3, 0.4) is 0 Å². The van der Waals surface area contributed by atoms with Gasteiger partial charge in [0.2, 0.25) is 18.3 Å². The smallest absolute Gasteiger partial charge is 0.231 e. The molecule has 2 aromatic carbocycles. The number of benzene rings is 2. The molecule has 3 atom stereocenters. The summed E-state index contributed by atoms with van der Waals surface area (Å²) < 4.78 is 34.2. The second-order valence-electron chi connectivity index (χ2n) is 7.77. The zero-order valence-electron chi connectivity index (χ0n) is 18.2. The molecule has 0 saturated heterocycles. The monoisotopic (exact) mass is 416 g/mol. The van der Waals surface area contributed by atoms with Crippen molar-refractivity contribution in [3.8, 4) is 45.6 Å². The molecule has 0 spiro atoms. The lowest BCUT2D eigenvalue weighted by Gasteiger charge is -2.33. The first-order valence-corrected chi connectivity index (χ1v) is 9.97. The Labute approximate surface area is 176 Å². The molecule has 30 heavy (non-hydrogen) atoms. The van der Waals surface area contributed by atoms with Crippen LogP contribution in [0.4, 0.5) is 0 Å². The van der Waals surface area contributed by atoms with Gasteiger partial charge >= 0.3 is 0 Å². The summed E-state index contributed by atoms with van der Waals surface area (Å²) in [5, 5.41) is 11.3. The number of methoxy groups -OCH3 is 4. The first-order chi connectivity index (χ1) is 14.5. The van der Waals surface area contributed by atoms with E-state index in [1.165, 1.54) is 0 Å². The maximum absolute atomic E-state index is 11.3. The van der Waals surface area contributed by atoms with Crippen LogP contribution in [0.25, 0.3) is 11.1 Å². The van der Waals surface area contributed by atoms with E-state index in [1.54, 1.807) is 28.4 Å². The van der Waals surface area contributed by atoms with Crippen molar-refractivity contribution in [2.75, 3.05) is 35.2 Å². The van der Waals surface area contributed by atoms with Crippen molar-refractivity contribution in [3.63, 3.8) is 0 Å². The Kier molecular flexibility index (Phi) is 5.32. The number of rotatable bonds is 4. The molecule has 4 rings (SSSR count). The first kappa shape index (κ1) is 20.5. The molecule has 0 aromatic heterocycles. The second kappa shape index (κ2) is 7.80. The molecule has 0 amide bonds. The fourth-order valence-corrected chi connectivity index (χ4v) is 4.49. The summed E-state index contributed by atoms with van der Waals surface area (Å²) in [7, 11) is 6.31. The van der Waals surface area contributed by atoms with E-state index in [0.717, 1.165) is 17.5 Å². The van der Waals surface area contributed by atoms with E-state index in [2.05, 4.69) is 13.8 Å². The van der Waals surface area contributed by atoms with Crippen molar-refractivity contribution < 1.29 is 33.5 Å². The molecule has 2 aromatic rings. The quantitative estimate of drug-likeness (QED) is 0.808. The summed E-state index contributed by atoms with van der Waals surface area (Å²) in [4.78, 5) is 0. The highest BCUT2D eigenvalue weighted by atomic mass is 16.7. The van der Waals surface area contributed by atoms with E-state index in [9.17, 15) is 5.11 Å². The normalized spacial score (nSPS) is 21.8. The Morgan fingerprint density at radius 1 is 0.867 bits per heavy atom. The van der Waals surface area contributed by atoms with Crippen molar-refractivity contribution in [1.82, 2.24) is 0 Å². The van der Waals surface area contributed by atoms with E-state index >= 15 is 0 Å². The van der Waals surface area contributed by atoms with Crippen LogP contribution >= 0.6 is 0 Å². The number of ether oxygens (including phenoxy) is 6. The number of aliphatic hydroxyl groups is 1. The SMILES string of the molecule is COc1cc2c(c(OC)c1OC)-c1c(cc3c(c1OC)OCO3)C[C@H](C)[C@H](C)[C@@H]2O. The first-order valence-electron chi connectivity index (χ1n) is 9.97. The van der Waals surface area contributed by atoms with Gasteiger partial charge in [-0.05, 0) is 41.5 Å². The zero-order chi connectivity index (χ0) is 21.6. The molecule has 0 radical (unpaired) electrons. The third-order valence-corrected chi connectivity index (χ3v) is 6.27. The Hall–Kier alpha value is -2.80. The largest absolute Gasteiger partial charge is 0.493 e. The molecule has 7 heteroatoms. The van der Waals surface area contributed by atoms with Crippen molar-refractivity contribution in [1.29, 1.82) is 0 Å². The Bertz CT molecular complexity index is 969. The van der Waals surface area contributed by atoms with Gasteiger partial charge in [0, 0.05) is 11.1 Å². The highest BCUT2D eigenvalue weighted by Crippen LogP contribution is 2.57. The molecule has 7 nitrogen and oxygen atoms in total. The molecule has 1 aliphatic carbocycles. The van der Waals surface area contributed by atoms with Crippen molar-refractivity contribution >= 4 is 0 Å². The fourth-order valence-electron chi connectivity index (χ4n) is 4.49. The Morgan fingerprint density at radius 2 is 1.57 bits per heavy atom. The summed E-state index contributed by atoms with van der Waals surface area (Å²) in [5.41, 5.74) is 3.26. The maximum atomic E-state index is 11.3. The van der Waals surface area contributed by atoms with Gasteiger partial charge in [-0.15, -0.1) is 0 Å². The van der Waals surface area contributed by atoms with Crippen molar-refractivity contribution in [3.05, 3.63) is 23.3 Å². The highest BCUT2D eigenvalue weighted by molar-refractivity contribution is 5.88. The molecule has 1 aliphatic heterocycles. The van der Waals surface area contributed by atoms with Crippen molar-refractivity contribution in [2.45, 2.75) is 26.4 Å². The second-order valence-corrected chi connectivity index (χ2v) is 7.77. The standard InChI is InChI=1S/C23H28O7/c1-11-7-13-8-16-21(30-10-29-16)22(27-5)17(13)18-14(19(24)12(11)2)9-15(25-3)20(26-4)23(18)28-6/h8-9,11-12,19,24H,7,10H2,1-6H3/t11-,12-,19-/m0/s1. The molecule has 2 aliphatic rings.